The zero-order chi connectivity index (χ0) is 10.3. The maximum absolute atomic E-state index is 9.93. The molecule has 1 atom stereocenters. The number of unbranched alkanes of at least 4 members (excludes halogenated alkanes) is 1. The summed E-state index contributed by atoms with van der Waals surface area (Å²) in [6.07, 6.45) is 7.30. The highest BCUT2D eigenvalue weighted by Gasteiger charge is 2.17. The SMILES string of the molecule is CCCCC(C)(O)CCC=C(C)C. The predicted molar refractivity (Wildman–Crippen MR) is 58.8 cm³/mol. The van der Waals surface area contributed by atoms with E-state index in [1.165, 1.54) is 12.0 Å². The van der Waals surface area contributed by atoms with Gasteiger partial charge in [-0.15, -0.1) is 0 Å². The minimum Gasteiger partial charge on any atom is -0.390 e. The lowest BCUT2D eigenvalue weighted by Crippen LogP contribution is -2.23. The molecule has 0 heterocycles. The van der Waals surface area contributed by atoms with Crippen LogP contribution in [0.5, 0.6) is 0 Å². The Labute approximate surface area is 82.9 Å². The first-order valence-corrected chi connectivity index (χ1v) is 5.33. The van der Waals surface area contributed by atoms with Crippen molar-refractivity contribution in [2.45, 2.75) is 65.4 Å². The molecule has 13 heavy (non-hydrogen) atoms. The van der Waals surface area contributed by atoms with Crippen molar-refractivity contribution < 1.29 is 5.11 Å². The van der Waals surface area contributed by atoms with Crippen LogP contribution in [0.1, 0.15) is 59.8 Å². The van der Waals surface area contributed by atoms with E-state index in [1.807, 2.05) is 6.92 Å². The Kier molecular flexibility index (Phi) is 6.06. The van der Waals surface area contributed by atoms with Gasteiger partial charge in [-0.05, 0) is 40.0 Å². The molecule has 0 aromatic heterocycles. The van der Waals surface area contributed by atoms with Crippen LogP contribution in [0.4, 0.5) is 0 Å². The third-order valence-corrected chi connectivity index (χ3v) is 2.30. The Morgan fingerprint density at radius 2 is 1.92 bits per heavy atom. The van der Waals surface area contributed by atoms with E-state index in [9.17, 15) is 5.11 Å². The highest BCUT2D eigenvalue weighted by atomic mass is 16.3. The normalized spacial score (nSPS) is 15.2. The summed E-state index contributed by atoms with van der Waals surface area (Å²) in [5.74, 6) is 0. The maximum atomic E-state index is 9.93. The van der Waals surface area contributed by atoms with Gasteiger partial charge in [-0.25, -0.2) is 0 Å². The summed E-state index contributed by atoms with van der Waals surface area (Å²) in [6.45, 7) is 8.30. The molecule has 1 unspecified atom stereocenters. The summed E-state index contributed by atoms with van der Waals surface area (Å²) >= 11 is 0. The molecular formula is C12H24O. The number of hydrogen-bond donors (Lipinski definition) is 1. The van der Waals surface area contributed by atoms with Crippen molar-refractivity contribution in [3.63, 3.8) is 0 Å². The highest BCUT2D eigenvalue weighted by Crippen LogP contribution is 2.20. The summed E-state index contributed by atoms with van der Waals surface area (Å²) in [5.41, 5.74) is 0.883. The van der Waals surface area contributed by atoms with Crippen molar-refractivity contribution in [3.05, 3.63) is 11.6 Å². The Bertz CT molecular complexity index is 153. The fraction of sp³-hybridized carbons (Fsp3) is 0.833. The first-order chi connectivity index (χ1) is 5.98. The number of rotatable bonds is 6. The summed E-state index contributed by atoms with van der Waals surface area (Å²) in [5, 5.41) is 9.93. The molecule has 0 fully saturated rings. The van der Waals surface area contributed by atoms with Crippen molar-refractivity contribution in [1.29, 1.82) is 0 Å². The van der Waals surface area contributed by atoms with Gasteiger partial charge in [0.2, 0.25) is 0 Å². The van der Waals surface area contributed by atoms with E-state index in [2.05, 4.69) is 26.8 Å². The molecule has 0 saturated heterocycles. The second-order valence-electron chi connectivity index (χ2n) is 4.42. The van der Waals surface area contributed by atoms with Crippen LogP contribution in [0, 0.1) is 0 Å². The Balaban J connectivity index is 3.68. The lowest BCUT2D eigenvalue weighted by Gasteiger charge is -2.22. The van der Waals surface area contributed by atoms with Gasteiger partial charge in [-0.3, -0.25) is 0 Å². The van der Waals surface area contributed by atoms with E-state index < -0.39 is 5.60 Å². The smallest absolute Gasteiger partial charge is 0.0622 e. The van der Waals surface area contributed by atoms with Crippen LogP contribution >= 0.6 is 0 Å². The first-order valence-electron chi connectivity index (χ1n) is 5.33. The Morgan fingerprint density at radius 3 is 2.38 bits per heavy atom. The van der Waals surface area contributed by atoms with E-state index in [-0.39, 0.29) is 0 Å². The minimum atomic E-state index is -0.456. The zero-order valence-corrected chi connectivity index (χ0v) is 9.56. The molecule has 1 heteroatoms. The van der Waals surface area contributed by atoms with E-state index in [0.717, 1.165) is 25.7 Å². The minimum absolute atomic E-state index is 0.456. The lowest BCUT2D eigenvalue weighted by molar-refractivity contribution is 0.0407. The van der Waals surface area contributed by atoms with Gasteiger partial charge in [-0.1, -0.05) is 31.4 Å². The monoisotopic (exact) mass is 184 g/mol. The summed E-state index contributed by atoms with van der Waals surface area (Å²) < 4.78 is 0. The fourth-order valence-corrected chi connectivity index (χ4v) is 1.35. The molecule has 78 valence electrons. The van der Waals surface area contributed by atoms with Crippen molar-refractivity contribution >= 4 is 0 Å². The number of allylic oxidation sites excluding steroid dienone is 2. The van der Waals surface area contributed by atoms with Gasteiger partial charge in [0.25, 0.3) is 0 Å². The summed E-state index contributed by atoms with van der Waals surface area (Å²) in [4.78, 5) is 0. The lowest BCUT2D eigenvalue weighted by atomic mass is 9.93. The van der Waals surface area contributed by atoms with Crippen molar-refractivity contribution in [1.82, 2.24) is 0 Å². The van der Waals surface area contributed by atoms with E-state index in [1.54, 1.807) is 0 Å². The molecule has 0 amide bonds. The molecule has 0 spiro atoms. The quantitative estimate of drug-likeness (QED) is 0.624. The topological polar surface area (TPSA) is 20.2 Å². The molecule has 0 aromatic carbocycles. The predicted octanol–water partition coefficient (Wildman–Crippen LogP) is 3.67. The van der Waals surface area contributed by atoms with Gasteiger partial charge in [0.1, 0.15) is 0 Å². The zero-order valence-electron chi connectivity index (χ0n) is 9.56. The maximum Gasteiger partial charge on any atom is 0.0622 e. The van der Waals surface area contributed by atoms with Crippen molar-refractivity contribution in [2.24, 2.45) is 0 Å². The van der Waals surface area contributed by atoms with Crippen LogP contribution in [0.3, 0.4) is 0 Å². The van der Waals surface area contributed by atoms with Gasteiger partial charge >= 0.3 is 0 Å². The van der Waals surface area contributed by atoms with Crippen LogP contribution in [0.2, 0.25) is 0 Å². The molecule has 0 saturated carbocycles. The summed E-state index contributed by atoms with van der Waals surface area (Å²) in [7, 11) is 0. The van der Waals surface area contributed by atoms with E-state index in [0.29, 0.717) is 0 Å². The van der Waals surface area contributed by atoms with Crippen LogP contribution in [-0.2, 0) is 0 Å². The Hall–Kier alpha value is -0.300. The van der Waals surface area contributed by atoms with Gasteiger partial charge in [-0.2, -0.15) is 0 Å². The molecule has 1 nitrogen and oxygen atoms in total. The van der Waals surface area contributed by atoms with Crippen LogP contribution < -0.4 is 0 Å². The second kappa shape index (κ2) is 6.20. The van der Waals surface area contributed by atoms with Crippen LogP contribution in [0.15, 0.2) is 11.6 Å². The number of aliphatic hydroxyl groups is 1. The third-order valence-electron chi connectivity index (χ3n) is 2.30. The Morgan fingerprint density at radius 1 is 1.31 bits per heavy atom. The van der Waals surface area contributed by atoms with Crippen LogP contribution in [0.25, 0.3) is 0 Å². The van der Waals surface area contributed by atoms with Gasteiger partial charge in [0, 0.05) is 0 Å². The van der Waals surface area contributed by atoms with Crippen molar-refractivity contribution in [3.8, 4) is 0 Å². The van der Waals surface area contributed by atoms with Crippen LogP contribution in [-0.4, -0.2) is 10.7 Å². The van der Waals surface area contributed by atoms with Crippen molar-refractivity contribution in [2.75, 3.05) is 0 Å². The average Bonchev–Trinajstić information content (AvgIpc) is 2.00. The fourth-order valence-electron chi connectivity index (χ4n) is 1.35. The molecular weight excluding hydrogens is 160 g/mol. The average molecular weight is 184 g/mol. The van der Waals surface area contributed by atoms with E-state index in [4.69, 9.17) is 0 Å². The molecule has 0 aromatic rings. The largest absolute Gasteiger partial charge is 0.390 e. The molecule has 1 N–H and O–H groups in total. The first kappa shape index (κ1) is 12.7. The van der Waals surface area contributed by atoms with Gasteiger partial charge < -0.3 is 5.11 Å². The van der Waals surface area contributed by atoms with Gasteiger partial charge in [0.15, 0.2) is 0 Å². The molecule has 0 radical (unpaired) electrons. The molecule has 0 aliphatic carbocycles. The summed E-state index contributed by atoms with van der Waals surface area (Å²) in [6, 6.07) is 0. The van der Waals surface area contributed by atoms with Gasteiger partial charge in [0.05, 0.1) is 5.60 Å². The second-order valence-corrected chi connectivity index (χ2v) is 4.42. The number of hydrogen-bond acceptors (Lipinski definition) is 1. The molecule has 0 bridgehead atoms. The third kappa shape index (κ3) is 8.04. The molecule has 0 rings (SSSR count). The molecule has 0 aliphatic rings. The van der Waals surface area contributed by atoms with E-state index >= 15 is 0 Å². The molecule has 0 aliphatic heterocycles. The standard InChI is InChI=1S/C12H24O/c1-5-6-9-12(4,13)10-7-8-11(2)3/h8,13H,5-7,9-10H2,1-4H3. The highest BCUT2D eigenvalue weighted by molar-refractivity contribution is 4.94.